The monoisotopic (exact) mass is 314 g/mol. The smallest absolute Gasteiger partial charge is 0.163 e. The lowest BCUT2D eigenvalue weighted by molar-refractivity contribution is -0.300. The van der Waals surface area contributed by atoms with Crippen LogP contribution in [0.15, 0.2) is 0 Å². The minimum absolute atomic E-state index is 0.0287. The van der Waals surface area contributed by atoms with E-state index < -0.39 is 0 Å². The first-order valence-electron chi connectivity index (χ1n) is 9.57. The summed E-state index contributed by atoms with van der Waals surface area (Å²) in [5.74, 6) is 0. The lowest BCUT2D eigenvalue weighted by atomic mass is 9.75. The van der Waals surface area contributed by atoms with E-state index in [1.807, 2.05) is 0 Å². The maximum Gasteiger partial charge on any atom is 0.163 e. The largest absolute Gasteiger partial charge is 0.329 e. The summed E-state index contributed by atoms with van der Waals surface area (Å²) >= 11 is 0. The van der Waals surface area contributed by atoms with Gasteiger partial charge < -0.3 is 14.2 Å². The van der Waals surface area contributed by atoms with Gasteiger partial charge in [-0.1, -0.05) is 78.6 Å². The Morgan fingerprint density at radius 1 is 0.727 bits per heavy atom. The second-order valence-electron chi connectivity index (χ2n) is 6.78. The van der Waals surface area contributed by atoms with Crippen LogP contribution in [0, 0.1) is 5.41 Å². The molecule has 0 atom stereocenters. The van der Waals surface area contributed by atoms with E-state index in [2.05, 4.69) is 20.8 Å². The molecular formula is C19H38O3. The van der Waals surface area contributed by atoms with Crippen LogP contribution in [0.3, 0.4) is 0 Å². The molecule has 1 saturated heterocycles. The van der Waals surface area contributed by atoms with Crippen molar-refractivity contribution in [1.82, 2.24) is 0 Å². The molecule has 1 fully saturated rings. The highest BCUT2D eigenvalue weighted by Gasteiger charge is 2.22. The summed E-state index contributed by atoms with van der Waals surface area (Å²) < 4.78 is 15.7. The van der Waals surface area contributed by atoms with Crippen molar-refractivity contribution in [3.05, 3.63) is 0 Å². The summed E-state index contributed by atoms with van der Waals surface area (Å²) in [6.07, 6.45) is 15.9. The molecule has 132 valence electrons. The van der Waals surface area contributed by atoms with Crippen LogP contribution in [-0.4, -0.2) is 19.9 Å². The highest BCUT2D eigenvalue weighted by Crippen LogP contribution is 2.36. The Bertz CT molecular complexity index is 237. The Balaban J connectivity index is 1.88. The summed E-state index contributed by atoms with van der Waals surface area (Å²) in [4.78, 5) is 0. The van der Waals surface area contributed by atoms with Gasteiger partial charge in [0.25, 0.3) is 0 Å². The standard InChI is InChI=1S/C19H38O3/c1-4-19(5-2,6-3)15-13-11-9-7-8-10-12-14-18-21-16-20-17-22-18/h18H,4-17H2,1-3H3. The molecule has 3 nitrogen and oxygen atoms in total. The minimum Gasteiger partial charge on any atom is -0.329 e. The van der Waals surface area contributed by atoms with Crippen LogP contribution in [0.1, 0.15) is 97.8 Å². The van der Waals surface area contributed by atoms with Gasteiger partial charge in [-0.25, -0.2) is 0 Å². The molecule has 1 heterocycles. The first-order valence-corrected chi connectivity index (χ1v) is 9.57. The normalized spacial score (nSPS) is 17.0. The van der Waals surface area contributed by atoms with Crippen molar-refractivity contribution < 1.29 is 14.2 Å². The molecule has 0 aromatic rings. The van der Waals surface area contributed by atoms with Crippen LogP contribution in [0.5, 0.6) is 0 Å². The van der Waals surface area contributed by atoms with E-state index in [0.29, 0.717) is 19.0 Å². The van der Waals surface area contributed by atoms with Crippen molar-refractivity contribution in [3.8, 4) is 0 Å². The number of rotatable bonds is 13. The van der Waals surface area contributed by atoms with Gasteiger partial charge in [0.1, 0.15) is 0 Å². The Kier molecular flexibility index (Phi) is 11.2. The van der Waals surface area contributed by atoms with Crippen molar-refractivity contribution >= 4 is 0 Å². The fourth-order valence-corrected chi connectivity index (χ4v) is 3.47. The van der Waals surface area contributed by atoms with E-state index in [1.165, 1.54) is 70.6 Å². The van der Waals surface area contributed by atoms with Crippen LogP contribution in [0.2, 0.25) is 0 Å². The van der Waals surface area contributed by atoms with E-state index in [-0.39, 0.29) is 6.29 Å². The van der Waals surface area contributed by atoms with Crippen molar-refractivity contribution in [2.45, 2.75) is 104 Å². The highest BCUT2D eigenvalue weighted by molar-refractivity contribution is 4.74. The molecule has 0 aromatic heterocycles. The molecule has 0 unspecified atom stereocenters. The Morgan fingerprint density at radius 2 is 1.23 bits per heavy atom. The second kappa shape index (κ2) is 12.3. The number of ether oxygens (including phenoxy) is 3. The first kappa shape index (κ1) is 19.9. The zero-order valence-electron chi connectivity index (χ0n) is 15.2. The zero-order valence-corrected chi connectivity index (χ0v) is 15.2. The van der Waals surface area contributed by atoms with Gasteiger partial charge in [-0.3, -0.25) is 0 Å². The topological polar surface area (TPSA) is 27.7 Å². The Hall–Kier alpha value is -0.120. The van der Waals surface area contributed by atoms with Gasteiger partial charge in [-0.2, -0.15) is 0 Å². The van der Waals surface area contributed by atoms with Gasteiger partial charge in [-0.05, 0) is 24.7 Å². The van der Waals surface area contributed by atoms with Crippen LogP contribution in [0.4, 0.5) is 0 Å². The number of unbranched alkanes of at least 4 members (excludes halogenated alkanes) is 6. The third-order valence-corrected chi connectivity index (χ3v) is 5.57. The van der Waals surface area contributed by atoms with E-state index >= 15 is 0 Å². The Labute approximate surface area is 138 Å². The molecule has 1 rings (SSSR count). The first-order chi connectivity index (χ1) is 10.8. The fraction of sp³-hybridized carbons (Fsp3) is 1.00. The molecule has 1 aliphatic heterocycles. The molecule has 1 aliphatic rings. The van der Waals surface area contributed by atoms with Crippen molar-refractivity contribution in [3.63, 3.8) is 0 Å². The van der Waals surface area contributed by atoms with Crippen molar-refractivity contribution in [2.24, 2.45) is 5.41 Å². The van der Waals surface area contributed by atoms with Gasteiger partial charge in [0.05, 0.1) is 0 Å². The average molecular weight is 315 g/mol. The Morgan fingerprint density at radius 3 is 1.77 bits per heavy atom. The third-order valence-electron chi connectivity index (χ3n) is 5.57. The molecule has 3 heteroatoms. The molecule has 0 saturated carbocycles. The number of hydrogen-bond donors (Lipinski definition) is 0. The molecule has 0 radical (unpaired) electrons. The zero-order chi connectivity index (χ0) is 16.1. The molecule has 0 bridgehead atoms. The summed E-state index contributed by atoms with van der Waals surface area (Å²) in [5.41, 5.74) is 0.629. The van der Waals surface area contributed by atoms with Gasteiger partial charge in [-0.15, -0.1) is 0 Å². The second-order valence-corrected chi connectivity index (χ2v) is 6.78. The summed E-state index contributed by atoms with van der Waals surface area (Å²) in [6, 6.07) is 0. The fourth-order valence-electron chi connectivity index (χ4n) is 3.47. The highest BCUT2D eigenvalue weighted by atomic mass is 16.8. The lowest BCUT2D eigenvalue weighted by Gasteiger charge is -2.30. The van der Waals surface area contributed by atoms with Crippen LogP contribution < -0.4 is 0 Å². The van der Waals surface area contributed by atoms with Crippen molar-refractivity contribution in [1.29, 1.82) is 0 Å². The summed E-state index contributed by atoms with van der Waals surface area (Å²) in [7, 11) is 0. The summed E-state index contributed by atoms with van der Waals surface area (Å²) in [6.45, 7) is 7.86. The third kappa shape index (κ3) is 7.94. The van der Waals surface area contributed by atoms with E-state index in [0.717, 1.165) is 6.42 Å². The molecule has 22 heavy (non-hydrogen) atoms. The van der Waals surface area contributed by atoms with Crippen LogP contribution in [0.25, 0.3) is 0 Å². The molecular weight excluding hydrogens is 276 g/mol. The molecule has 0 N–H and O–H groups in total. The maximum atomic E-state index is 5.36. The quantitative estimate of drug-likeness (QED) is 0.389. The predicted molar refractivity (Wildman–Crippen MR) is 91.6 cm³/mol. The van der Waals surface area contributed by atoms with Gasteiger partial charge in [0, 0.05) is 0 Å². The van der Waals surface area contributed by atoms with E-state index in [1.54, 1.807) is 0 Å². The number of hydrogen-bond acceptors (Lipinski definition) is 3. The molecule has 0 aromatic carbocycles. The predicted octanol–water partition coefficient (Wildman–Crippen LogP) is 6.02. The van der Waals surface area contributed by atoms with Gasteiger partial charge >= 0.3 is 0 Å². The van der Waals surface area contributed by atoms with E-state index in [9.17, 15) is 0 Å². The molecule has 0 amide bonds. The van der Waals surface area contributed by atoms with Crippen LogP contribution >= 0.6 is 0 Å². The summed E-state index contributed by atoms with van der Waals surface area (Å²) in [5, 5.41) is 0. The minimum atomic E-state index is -0.0287. The van der Waals surface area contributed by atoms with Gasteiger partial charge in [0.2, 0.25) is 0 Å². The lowest BCUT2D eigenvalue weighted by Crippen LogP contribution is -2.26. The van der Waals surface area contributed by atoms with E-state index in [4.69, 9.17) is 14.2 Å². The maximum absolute atomic E-state index is 5.36. The SMILES string of the molecule is CCC(CC)(CC)CCCCCCCCCC1OCOCO1. The van der Waals surface area contributed by atoms with Crippen LogP contribution in [-0.2, 0) is 14.2 Å². The van der Waals surface area contributed by atoms with Crippen molar-refractivity contribution in [2.75, 3.05) is 13.6 Å². The van der Waals surface area contributed by atoms with Gasteiger partial charge in [0.15, 0.2) is 19.9 Å². The average Bonchev–Trinajstić information content (AvgIpc) is 2.58. The molecule has 0 aliphatic carbocycles. The molecule has 0 spiro atoms.